The first-order chi connectivity index (χ1) is 27.3. The number of fused-ring (bicyclic) bond motifs is 9. The Morgan fingerprint density at radius 1 is 0.364 bits per heavy atom. The number of ether oxygens (including phenoxy) is 1. The molecule has 0 radical (unpaired) electrons. The quantitative estimate of drug-likeness (QED) is 0.176. The summed E-state index contributed by atoms with van der Waals surface area (Å²) in [6.45, 7) is 0. The Labute approximate surface area is 316 Å². The Bertz CT molecular complexity index is 2810. The van der Waals surface area contributed by atoms with E-state index in [2.05, 4.69) is 70.9 Å². The molecule has 0 amide bonds. The van der Waals surface area contributed by atoms with Crippen LogP contribution in [0.4, 0.5) is 0 Å². The molecule has 1 aliphatic carbocycles. The van der Waals surface area contributed by atoms with Gasteiger partial charge < -0.3 is 9.15 Å². The van der Waals surface area contributed by atoms with E-state index in [1.54, 1.807) is 0 Å². The lowest BCUT2D eigenvalue weighted by Gasteiger charge is -2.39. The van der Waals surface area contributed by atoms with Gasteiger partial charge in [-0.05, 0) is 58.7 Å². The van der Waals surface area contributed by atoms with Crippen molar-refractivity contribution in [3.63, 3.8) is 0 Å². The monoisotopic (exact) mass is 707 g/mol. The van der Waals surface area contributed by atoms with Crippen LogP contribution in [-0.4, -0.2) is 25.1 Å². The number of aromatic nitrogens is 5. The van der Waals surface area contributed by atoms with Gasteiger partial charge in [-0.1, -0.05) is 140 Å². The van der Waals surface area contributed by atoms with Crippen LogP contribution in [0.3, 0.4) is 0 Å². The average molecular weight is 708 g/mol. The third-order valence-electron chi connectivity index (χ3n) is 10.6. The van der Waals surface area contributed by atoms with Gasteiger partial charge in [0.15, 0.2) is 17.5 Å². The maximum atomic E-state index is 6.63. The molecule has 2 aliphatic rings. The second kappa shape index (κ2) is 12.3. The molecule has 11 rings (SSSR count). The maximum absolute atomic E-state index is 6.63. The van der Waals surface area contributed by atoms with Crippen molar-refractivity contribution in [3.8, 4) is 79.7 Å². The first-order valence-corrected chi connectivity index (χ1v) is 18.2. The van der Waals surface area contributed by atoms with Crippen molar-refractivity contribution >= 4 is 0 Å². The normalized spacial score (nSPS) is 13.0. The van der Waals surface area contributed by atoms with Gasteiger partial charge in [0.1, 0.15) is 11.5 Å². The molecule has 1 aliphatic heterocycles. The third-order valence-corrected chi connectivity index (χ3v) is 10.6. The summed E-state index contributed by atoms with van der Waals surface area (Å²) in [4.78, 5) is 15.4. The van der Waals surface area contributed by atoms with Gasteiger partial charge in [0, 0.05) is 38.9 Å². The Balaban J connectivity index is 1.20. The Kier molecular flexibility index (Phi) is 6.94. The second-order valence-corrected chi connectivity index (χ2v) is 13.6. The van der Waals surface area contributed by atoms with Gasteiger partial charge in [-0.3, -0.25) is 0 Å². The number of nitrogens with zero attached hydrogens (tertiary/aromatic N) is 5. The molecular weight excluding hydrogens is 679 g/mol. The maximum Gasteiger partial charge on any atom is 0.248 e. The van der Waals surface area contributed by atoms with E-state index in [9.17, 15) is 0 Å². The van der Waals surface area contributed by atoms with E-state index in [4.69, 9.17) is 24.1 Å². The van der Waals surface area contributed by atoms with Gasteiger partial charge in [-0.15, -0.1) is 10.2 Å². The topological polar surface area (TPSA) is 86.8 Å². The molecule has 2 aromatic heterocycles. The van der Waals surface area contributed by atoms with E-state index < -0.39 is 5.41 Å². The lowest BCUT2D eigenvalue weighted by Crippen LogP contribution is -2.32. The molecule has 1 spiro atoms. The van der Waals surface area contributed by atoms with E-state index in [1.165, 1.54) is 0 Å². The highest BCUT2D eigenvalue weighted by molar-refractivity contribution is 5.96. The molecule has 0 N–H and O–H groups in total. The van der Waals surface area contributed by atoms with Crippen LogP contribution in [0.5, 0.6) is 11.5 Å². The highest BCUT2D eigenvalue weighted by Gasteiger charge is 2.52. The molecule has 0 fully saturated rings. The van der Waals surface area contributed by atoms with Crippen molar-refractivity contribution in [2.24, 2.45) is 0 Å². The number of para-hydroxylation sites is 2. The highest BCUT2D eigenvalue weighted by atomic mass is 16.5. The van der Waals surface area contributed by atoms with Gasteiger partial charge in [0.05, 0.1) is 5.41 Å². The van der Waals surface area contributed by atoms with Gasteiger partial charge in [0.25, 0.3) is 0 Å². The van der Waals surface area contributed by atoms with Crippen molar-refractivity contribution in [3.05, 3.63) is 198 Å². The van der Waals surface area contributed by atoms with Crippen LogP contribution in [0.1, 0.15) is 22.3 Å². The van der Waals surface area contributed by atoms with E-state index in [-0.39, 0.29) is 0 Å². The molecule has 0 atom stereocenters. The number of hydrogen-bond donors (Lipinski definition) is 0. The van der Waals surface area contributed by atoms with Crippen molar-refractivity contribution in [1.29, 1.82) is 0 Å². The van der Waals surface area contributed by atoms with Crippen molar-refractivity contribution < 1.29 is 9.15 Å². The zero-order valence-electron chi connectivity index (χ0n) is 29.3. The predicted octanol–water partition coefficient (Wildman–Crippen LogP) is 11.1. The van der Waals surface area contributed by atoms with Crippen LogP contribution < -0.4 is 4.74 Å². The average Bonchev–Trinajstić information content (AvgIpc) is 3.87. The van der Waals surface area contributed by atoms with E-state index in [0.29, 0.717) is 29.3 Å². The summed E-state index contributed by atoms with van der Waals surface area (Å²) in [6, 6.07) is 59.5. The highest BCUT2D eigenvalue weighted by Crippen LogP contribution is 2.63. The molecule has 55 heavy (non-hydrogen) atoms. The van der Waals surface area contributed by atoms with E-state index >= 15 is 0 Å². The second-order valence-electron chi connectivity index (χ2n) is 13.6. The summed E-state index contributed by atoms with van der Waals surface area (Å²) < 4.78 is 13.0. The number of rotatable bonds is 5. The first kappa shape index (κ1) is 31.1. The predicted molar refractivity (Wildman–Crippen MR) is 212 cm³/mol. The Morgan fingerprint density at radius 2 is 0.873 bits per heavy atom. The molecule has 0 saturated carbocycles. The molecule has 0 bridgehead atoms. The molecular formula is C48H29N5O2. The molecule has 258 valence electrons. The fourth-order valence-electron chi connectivity index (χ4n) is 8.23. The molecule has 7 aromatic carbocycles. The zero-order chi connectivity index (χ0) is 36.3. The van der Waals surface area contributed by atoms with Crippen molar-refractivity contribution in [1.82, 2.24) is 25.1 Å². The largest absolute Gasteiger partial charge is 0.457 e. The lowest BCUT2D eigenvalue weighted by atomic mass is 9.66. The van der Waals surface area contributed by atoms with Crippen molar-refractivity contribution in [2.45, 2.75) is 5.41 Å². The summed E-state index contributed by atoms with van der Waals surface area (Å²) in [5, 5.41) is 8.97. The number of benzene rings is 7. The smallest absolute Gasteiger partial charge is 0.248 e. The third kappa shape index (κ3) is 4.80. The first-order valence-electron chi connectivity index (χ1n) is 18.2. The Morgan fingerprint density at radius 3 is 1.49 bits per heavy atom. The summed E-state index contributed by atoms with van der Waals surface area (Å²) in [5.74, 6) is 4.33. The standard InChI is InChI=1S/C48H29N5O2/c1-4-15-30(16-5-1)43-49-44(31-17-6-2-7-18-31)51-45(50-43)35-21-14-24-38-42(35)34-28-27-33(47-53-52-46(55-47)32-19-8-3-9-20-32)29-39(34)48(38)36-22-10-12-25-40(36)54-41-26-13-11-23-37(41)48/h1-29H. The molecule has 0 saturated heterocycles. The minimum atomic E-state index is -0.748. The van der Waals surface area contributed by atoms with Gasteiger partial charge in [-0.25, -0.2) is 15.0 Å². The molecule has 7 heteroatoms. The minimum Gasteiger partial charge on any atom is -0.457 e. The van der Waals surface area contributed by atoms with Crippen LogP contribution in [-0.2, 0) is 5.41 Å². The molecule has 7 nitrogen and oxygen atoms in total. The van der Waals surface area contributed by atoms with Gasteiger partial charge in [-0.2, -0.15) is 0 Å². The van der Waals surface area contributed by atoms with Gasteiger partial charge >= 0.3 is 0 Å². The lowest BCUT2D eigenvalue weighted by molar-refractivity contribution is 0.436. The summed E-state index contributed by atoms with van der Waals surface area (Å²) in [5.41, 5.74) is 10.1. The van der Waals surface area contributed by atoms with Crippen molar-refractivity contribution in [2.75, 3.05) is 0 Å². The van der Waals surface area contributed by atoms with Crippen LogP contribution in [0, 0.1) is 0 Å². The fraction of sp³-hybridized carbons (Fsp3) is 0.0208. The van der Waals surface area contributed by atoms with Gasteiger partial charge in [0.2, 0.25) is 11.8 Å². The number of hydrogen-bond acceptors (Lipinski definition) is 7. The fourth-order valence-corrected chi connectivity index (χ4v) is 8.23. The van der Waals surface area contributed by atoms with Crippen LogP contribution in [0.2, 0.25) is 0 Å². The Hall–Kier alpha value is -7.51. The summed E-state index contributed by atoms with van der Waals surface area (Å²) in [7, 11) is 0. The SMILES string of the molecule is c1ccc(-c2nc(-c3ccccc3)nc(-c3cccc4c3-c3ccc(-c5nnc(-c6ccccc6)o5)cc3C43c4ccccc4Oc4ccccc43)n2)cc1. The molecule has 3 heterocycles. The van der Waals surface area contributed by atoms with Crippen LogP contribution >= 0.6 is 0 Å². The van der Waals surface area contributed by atoms with E-state index in [1.807, 2.05) is 115 Å². The molecule has 9 aromatic rings. The van der Waals surface area contributed by atoms with Crippen LogP contribution in [0.15, 0.2) is 180 Å². The summed E-state index contributed by atoms with van der Waals surface area (Å²) >= 11 is 0. The zero-order valence-corrected chi connectivity index (χ0v) is 29.3. The summed E-state index contributed by atoms with van der Waals surface area (Å²) in [6.07, 6.45) is 0. The van der Waals surface area contributed by atoms with Crippen LogP contribution in [0.25, 0.3) is 68.2 Å². The van der Waals surface area contributed by atoms with E-state index in [0.717, 1.165) is 72.7 Å². The minimum absolute atomic E-state index is 0.444. The molecule has 0 unspecified atom stereocenters.